The molecule has 0 aliphatic carbocycles. The van der Waals surface area contributed by atoms with Gasteiger partial charge in [0.15, 0.2) is 0 Å². The number of unbranched alkanes of at least 4 members (excludes halogenated alkanes) is 49. The second-order valence-corrected chi connectivity index (χ2v) is 23.5. The minimum atomic E-state index is -0.847. The number of amides is 1. The van der Waals surface area contributed by atoms with Gasteiger partial charge in [0.2, 0.25) is 5.91 Å². The lowest BCUT2D eigenvalue weighted by Gasteiger charge is -2.20. The molecule has 6 heteroatoms. The molecule has 448 valence electrons. The van der Waals surface area contributed by atoms with Gasteiger partial charge in [0, 0.05) is 12.8 Å². The summed E-state index contributed by atoms with van der Waals surface area (Å²) in [5.74, 6) is -0.0668. The van der Waals surface area contributed by atoms with Gasteiger partial charge in [-0.15, -0.1) is 0 Å². The fourth-order valence-electron chi connectivity index (χ4n) is 10.7. The summed E-state index contributed by atoms with van der Waals surface area (Å²) in [6, 6.07) is -0.630. The summed E-state index contributed by atoms with van der Waals surface area (Å²) >= 11 is 0. The highest BCUT2D eigenvalue weighted by molar-refractivity contribution is 5.76. The molecule has 0 bridgehead atoms. The molecule has 6 nitrogen and oxygen atoms in total. The Labute approximate surface area is 474 Å². The lowest BCUT2D eigenvalue weighted by molar-refractivity contribution is -0.143. The van der Waals surface area contributed by atoms with Crippen molar-refractivity contribution in [3.05, 3.63) is 36.5 Å². The molecule has 76 heavy (non-hydrogen) atoms. The number of rotatable bonds is 64. The van der Waals surface area contributed by atoms with E-state index in [0.717, 1.165) is 51.4 Å². The highest BCUT2D eigenvalue weighted by atomic mass is 16.5. The van der Waals surface area contributed by atoms with E-state index in [0.29, 0.717) is 19.4 Å². The van der Waals surface area contributed by atoms with E-state index in [1.54, 1.807) is 6.08 Å². The zero-order valence-electron chi connectivity index (χ0n) is 51.3. The van der Waals surface area contributed by atoms with Gasteiger partial charge in [0.1, 0.15) is 0 Å². The minimum Gasteiger partial charge on any atom is -0.466 e. The second-order valence-electron chi connectivity index (χ2n) is 23.5. The van der Waals surface area contributed by atoms with Gasteiger partial charge in [-0.25, -0.2) is 0 Å². The van der Waals surface area contributed by atoms with E-state index in [4.69, 9.17) is 4.74 Å². The van der Waals surface area contributed by atoms with E-state index < -0.39 is 12.1 Å². The maximum Gasteiger partial charge on any atom is 0.305 e. The van der Waals surface area contributed by atoms with Crippen molar-refractivity contribution in [2.75, 3.05) is 13.2 Å². The van der Waals surface area contributed by atoms with Gasteiger partial charge in [-0.05, 0) is 57.8 Å². The summed E-state index contributed by atoms with van der Waals surface area (Å²) in [6.45, 7) is 4.86. The number of ether oxygens (including phenoxy) is 1. The van der Waals surface area contributed by atoms with Gasteiger partial charge in [0.25, 0.3) is 0 Å². The number of nitrogens with one attached hydrogen (secondary N) is 1. The van der Waals surface area contributed by atoms with Gasteiger partial charge in [-0.1, -0.05) is 339 Å². The number of esters is 1. The molecule has 0 radical (unpaired) electrons. The van der Waals surface area contributed by atoms with Crippen molar-refractivity contribution < 1.29 is 24.5 Å². The van der Waals surface area contributed by atoms with Crippen LogP contribution in [0.25, 0.3) is 0 Å². The monoisotopic (exact) mass is 1070 g/mol. The first-order valence-corrected chi connectivity index (χ1v) is 34.3. The lowest BCUT2D eigenvalue weighted by Crippen LogP contribution is -2.45. The van der Waals surface area contributed by atoms with Crippen LogP contribution in [0.15, 0.2) is 36.5 Å². The van der Waals surface area contributed by atoms with Crippen LogP contribution in [0.1, 0.15) is 373 Å². The molecule has 0 saturated carbocycles. The Balaban J connectivity index is 3.42. The van der Waals surface area contributed by atoms with Crippen LogP contribution in [0.5, 0.6) is 0 Å². The molecule has 0 aromatic heterocycles. The number of aliphatic hydroxyl groups is 2. The van der Waals surface area contributed by atoms with Gasteiger partial charge in [0.05, 0.1) is 25.4 Å². The third-order valence-corrected chi connectivity index (χ3v) is 15.9. The first-order valence-electron chi connectivity index (χ1n) is 34.3. The summed E-state index contributed by atoms with van der Waals surface area (Å²) in [5, 5.41) is 23.3. The quantitative estimate of drug-likeness (QED) is 0.0320. The number of hydrogen-bond acceptors (Lipinski definition) is 5. The van der Waals surface area contributed by atoms with E-state index in [1.165, 1.54) is 295 Å². The zero-order chi connectivity index (χ0) is 55.0. The van der Waals surface area contributed by atoms with Crippen molar-refractivity contribution in [2.24, 2.45) is 0 Å². The number of carbonyl (C=O) groups is 2. The van der Waals surface area contributed by atoms with Crippen molar-refractivity contribution >= 4 is 11.9 Å². The molecular formula is C70H133NO5. The third kappa shape index (κ3) is 61.3. The highest BCUT2D eigenvalue weighted by Gasteiger charge is 2.18. The lowest BCUT2D eigenvalue weighted by atomic mass is 10.0. The predicted octanol–water partition coefficient (Wildman–Crippen LogP) is 21.9. The molecule has 0 heterocycles. The fourth-order valence-corrected chi connectivity index (χ4v) is 10.7. The molecule has 2 unspecified atom stereocenters. The van der Waals surface area contributed by atoms with Gasteiger partial charge < -0.3 is 20.3 Å². The van der Waals surface area contributed by atoms with Crippen LogP contribution < -0.4 is 5.32 Å². The van der Waals surface area contributed by atoms with Gasteiger partial charge in [-0.3, -0.25) is 9.59 Å². The van der Waals surface area contributed by atoms with Crippen molar-refractivity contribution in [1.29, 1.82) is 0 Å². The fraction of sp³-hybridized carbons (Fsp3) is 0.886. The molecular weight excluding hydrogens is 935 g/mol. The topological polar surface area (TPSA) is 95.9 Å². The first kappa shape index (κ1) is 74.1. The van der Waals surface area contributed by atoms with Crippen LogP contribution in [-0.4, -0.2) is 47.4 Å². The standard InChI is InChI=1S/C70H133NO5/c1-3-5-7-9-11-13-15-17-18-19-20-21-22-23-26-29-32-35-39-42-46-50-54-58-62-68(73)67(66-72)71-69(74)63-59-55-51-47-43-40-36-33-30-27-24-25-28-31-34-37-41-45-49-53-57-61-65-76-70(75)64-60-56-52-48-44-38-16-14-12-10-8-6-4-2/h8,10,14,16,58,62,67-68,72-73H,3-7,9,11-13,15,17-57,59-61,63-66H2,1-2H3,(H,71,74)/b10-8-,16-14-,62-58+. The number of aliphatic hydroxyl groups excluding tert-OH is 2. The van der Waals surface area contributed by atoms with E-state index in [1.807, 2.05) is 6.08 Å². The molecule has 0 saturated heterocycles. The number of hydrogen-bond donors (Lipinski definition) is 3. The molecule has 0 rings (SSSR count). The van der Waals surface area contributed by atoms with Crippen LogP contribution in [0.3, 0.4) is 0 Å². The Morgan fingerprint density at radius 3 is 1.05 bits per heavy atom. The highest BCUT2D eigenvalue weighted by Crippen LogP contribution is 2.19. The van der Waals surface area contributed by atoms with Crippen molar-refractivity contribution in [2.45, 2.75) is 386 Å². The molecule has 0 fully saturated rings. The van der Waals surface area contributed by atoms with E-state index in [2.05, 4.69) is 43.5 Å². The van der Waals surface area contributed by atoms with Crippen molar-refractivity contribution in [3.63, 3.8) is 0 Å². The molecule has 3 N–H and O–H groups in total. The van der Waals surface area contributed by atoms with Gasteiger partial charge >= 0.3 is 5.97 Å². The summed E-state index contributed by atoms with van der Waals surface area (Å²) in [6.07, 6.45) is 83.5. The number of carbonyl (C=O) groups excluding carboxylic acids is 2. The predicted molar refractivity (Wildman–Crippen MR) is 333 cm³/mol. The first-order chi connectivity index (χ1) is 37.5. The summed E-state index contributed by atoms with van der Waals surface area (Å²) in [7, 11) is 0. The van der Waals surface area contributed by atoms with Crippen LogP contribution in [0.2, 0.25) is 0 Å². The molecule has 2 atom stereocenters. The SMILES string of the molecule is CCC/C=C\C/C=C\CCCCCCCC(=O)OCCCCCCCCCCCCCCCCCCCCCCCCC(=O)NC(CO)C(O)/C=C/CCCCCCCCCCCCCCCCCCCCCCCC. The molecule has 1 amide bonds. The Morgan fingerprint density at radius 2 is 0.684 bits per heavy atom. The van der Waals surface area contributed by atoms with Crippen molar-refractivity contribution in [1.82, 2.24) is 5.32 Å². The average molecular weight is 1070 g/mol. The minimum absolute atomic E-state index is 0.00222. The third-order valence-electron chi connectivity index (χ3n) is 15.9. The number of allylic oxidation sites excluding steroid dienone is 5. The average Bonchev–Trinajstić information content (AvgIpc) is 3.42. The molecule has 0 spiro atoms. The van der Waals surface area contributed by atoms with E-state index >= 15 is 0 Å². The summed E-state index contributed by atoms with van der Waals surface area (Å²) in [5.41, 5.74) is 0. The second kappa shape index (κ2) is 65.6. The van der Waals surface area contributed by atoms with Crippen LogP contribution in [0.4, 0.5) is 0 Å². The summed E-state index contributed by atoms with van der Waals surface area (Å²) < 4.78 is 5.47. The maximum atomic E-state index is 12.5. The van der Waals surface area contributed by atoms with E-state index in [-0.39, 0.29) is 18.5 Å². The smallest absolute Gasteiger partial charge is 0.305 e. The van der Waals surface area contributed by atoms with Gasteiger partial charge in [-0.2, -0.15) is 0 Å². The Morgan fingerprint density at radius 1 is 0.368 bits per heavy atom. The van der Waals surface area contributed by atoms with Crippen molar-refractivity contribution in [3.8, 4) is 0 Å². The molecule has 0 aromatic rings. The van der Waals surface area contributed by atoms with Crippen LogP contribution in [-0.2, 0) is 14.3 Å². The summed E-state index contributed by atoms with van der Waals surface area (Å²) in [4.78, 5) is 24.6. The normalized spacial score (nSPS) is 12.7. The zero-order valence-corrected chi connectivity index (χ0v) is 51.3. The molecule has 0 aromatic carbocycles. The Hall–Kier alpha value is -1.92. The Bertz CT molecular complexity index is 1230. The maximum absolute atomic E-state index is 12.5. The van der Waals surface area contributed by atoms with Crippen LogP contribution in [0, 0.1) is 0 Å². The molecule has 0 aliphatic rings. The largest absolute Gasteiger partial charge is 0.466 e. The van der Waals surface area contributed by atoms with Crippen LogP contribution >= 0.6 is 0 Å². The molecule has 0 aliphatic heterocycles. The van der Waals surface area contributed by atoms with E-state index in [9.17, 15) is 19.8 Å². The Kier molecular flexibility index (Phi) is 63.9.